The Morgan fingerprint density at radius 2 is 1.59 bits per heavy atom. The minimum Gasteiger partial charge on any atom is -0.494 e. The molecule has 1 amide bonds. The number of amides is 1. The Balaban J connectivity index is 1.96. The van der Waals surface area contributed by atoms with Crippen molar-refractivity contribution >= 4 is 28.9 Å². The Hall–Kier alpha value is -4.02. The summed E-state index contributed by atoms with van der Waals surface area (Å²) in [6, 6.07) is 8.29. The minimum atomic E-state index is -0.837. The molecule has 140 valence electrons. The molecule has 0 aliphatic carbocycles. The number of nitro groups is 2. The summed E-state index contributed by atoms with van der Waals surface area (Å²) >= 11 is 0. The normalized spacial score (nSPS) is 9.96. The number of esters is 1. The first kappa shape index (κ1) is 19.3. The zero-order valence-electron chi connectivity index (χ0n) is 13.9. The predicted molar refractivity (Wildman–Crippen MR) is 91.7 cm³/mol. The highest BCUT2D eigenvalue weighted by Gasteiger charge is 2.16. The van der Waals surface area contributed by atoms with Gasteiger partial charge in [0.2, 0.25) is 0 Å². The van der Waals surface area contributed by atoms with Gasteiger partial charge in [0.15, 0.2) is 6.61 Å². The highest BCUT2D eigenvalue weighted by atomic mass is 16.6. The number of nitrogens with one attached hydrogen (secondary N) is 1. The summed E-state index contributed by atoms with van der Waals surface area (Å²) in [7, 11) is 1.28. The van der Waals surface area contributed by atoms with Crippen LogP contribution in [0.25, 0.3) is 0 Å². The van der Waals surface area contributed by atoms with Gasteiger partial charge in [-0.05, 0) is 18.2 Å². The van der Waals surface area contributed by atoms with Crippen LogP contribution in [0.2, 0.25) is 0 Å². The molecule has 11 nitrogen and oxygen atoms in total. The molecule has 27 heavy (non-hydrogen) atoms. The molecular weight excluding hydrogens is 362 g/mol. The van der Waals surface area contributed by atoms with Crippen LogP contribution in [0, 0.1) is 20.2 Å². The SMILES string of the molecule is COc1cc([N+](=O)[O-])ccc1NC(=O)COC(=O)c1ccc([N+](=O)[O-])cc1. The zero-order chi connectivity index (χ0) is 20.0. The van der Waals surface area contributed by atoms with Crippen molar-refractivity contribution in [3.05, 3.63) is 68.3 Å². The summed E-state index contributed by atoms with van der Waals surface area (Å²) in [4.78, 5) is 43.9. The van der Waals surface area contributed by atoms with Crippen LogP contribution in [-0.4, -0.2) is 35.4 Å². The second-order valence-electron chi connectivity index (χ2n) is 5.07. The Bertz CT molecular complexity index is 895. The van der Waals surface area contributed by atoms with E-state index in [-0.39, 0.29) is 28.4 Å². The Morgan fingerprint density at radius 3 is 2.15 bits per heavy atom. The van der Waals surface area contributed by atoms with E-state index in [0.29, 0.717) is 0 Å². The number of nitrogens with zero attached hydrogens (tertiary/aromatic N) is 2. The molecule has 11 heteroatoms. The molecule has 1 N–H and O–H groups in total. The topological polar surface area (TPSA) is 151 Å². The van der Waals surface area contributed by atoms with Crippen molar-refractivity contribution in [2.24, 2.45) is 0 Å². The summed E-state index contributed by atoms with van der Waals surface area (Å²) in [5.41, 5.74) is -0.190. The van der Waals surface area contributed by atoms with Crippen LogP contribution in [-0.2, 0) is 9.53 Å². The van der Waals surface area contributed by atoms with Crippen LogP contribution >= 0.6 is 0 Å². The van der Waals surface area contributed by atoms with Gasteiger partial charge in [-0.25, -0.2) is 4.79 Å². The fraction of sp³-hybridized carbons (Fsp3) is 0.125. The molecule has 0 radical (unpaired) electrons. The molecule has 0 bridgehead atoms. The molecule has 0 fully saturated rings. The molecule has 2 aromatic rings. The number of ether oxygens (including phenoxy) is 2. The third-order valence-electron chi connectivity index (χ3n) is 3.32. The average molecular weight is 375 g/mol. The molecule has 0 atom stereocenters. The fourth-order valence-electron chi connectivity index (χ4n) is 2.02. The van der Waals surface area contributed by atoms with E-state index in [1.54, 1.807) is 0 Å². The standard InChI is InChI=1S/C16H13N3O8/c1-26-14-8-12(19(24)25)6-7-13(14)17-15(20)9-27-16(21)10-2-4-11(5-3-10)18(22)23/h2-8H,9H2,1H3,(H,17,20). The molecule has 0 saturated heterocycles. The molecule has 0 aliphatic heterocycles. The molecule has 0 saturated carbocycles. The number of methoxy groups -OCH3 is 1. The van der Waals surface area contributed by atoms with Gasteiger partial charge in [0.1, 0.15) is 5.75 Å². The summed E-state index contributed by atoms with van der Waals surface area (Å²) in [5, 5.41) is 23.7. The number of rotatable bonds is 7. The van der Waals surface area contributed by atoms with Gasteiger partial charge in [-0.3, -0.25) is 25.0 Å². The van der Waals surface area contributed by atoms with Crippen LogP contribution in [0.3, 0.4) is 0 Å². The van der Waals surface area contributed by atoms with E-state index in [0.717, 1.165) is 18.2 Å². The van der Waals surface area contributed by atoms with Crippen LogP contribution in [0.4, 0.5) is 17.1 Å². The molecular formula is C16H13N3O8. The Kier molecular flexibility index (Phi) is 5.99. The average Bonchev–Trinajstić information content (AvgIpc) is 2.66. The summed E-state index contributed by atoms with van der Waals surface area (Å²) < 4.78 is 9.81. The fourth-order valence-corrected chi connectivity index (χ4v) is 2.02. The van der Waals surface area contributed by atoms with Crippen LogP contribution in [0.1, 0.15) is 10.4 Å². The lowest BCUT2D eigenvalue weighted by molar-refractivity contribution is -0.385. The van der Waals surface area contributed by atoms with Crippen LogP contribution < -0.4 is 10.1 Å². The largest absolute Gasteiger partial charge is 0.494 e. The van der Waals surface area contributed by atoms with Crippen molar-refractivity contribution < 1.29 is 28.9 Å². The zero-order valence-corrected chi connectivity index (χ0v) is 13.9. The maximum Gasteiger partial charge on any atom is 0.338 e. The maximum absolute atomic E-state index is 11.9. The summed E-state index contributed by atoms with van der Waals surface area (Å²) in [6.45, 7) is -0.629. The molecule has 0 unspecified atom stereocenters. The van der Waals surface area contributed by atoms with Crippen molar-refractivity contribution in [1.82, 2.24) is 0 Å². The minimum absolute atomic E-state index is 0.0429. The highest BCUT2D eigenvalue weighted by molar-refractivity contribution is 5.96. The quantitative estimate of drug-likeness (QED) is 0.440. The highest BCUT2D eigenvalue weighted by Crippen LogP contribution is 2.28. The molecule has 0 aromatic heterocycles. The van der Waals surface area contributed by atoms with Crippen molar-refractivity contribution in [3.63, 3.8) is 0 Å². The molecule has 2 aromatic carbocycles. The first-order valence-corrected chi connectivity index (χ1v) is 7.35. The van der Waals surface area contributed by atoms with E-state index >= 15 is 0 Å². The predicted octanol–water partition coefficient (Wildman–Crippen LogP) is 2.31. The monoisotopic (exact) mass is 375 g/mol. The van der Waals surface area contributed by atoms with Gasteiger partial charge in [-0.2, -0.15) is 0 Å². The van der Waals surface area contributed by atoms with Gasteiger partial charge >= 0.3 is 5.97 Å². The molecule has 0 aliphatic rings. The maximum atomic E-state index is 11.9. The second-order valence-corrected chi connectivity index (χ2v) is 5.07. The van der Waals surface area contributed by atoms with Gasteiger partial charge in [0, 0.05) is 18.2 Å². The van der Waals surface area contributed by atoms with E-state index in [2.05, 4.69) is 5.32 Å². The van der Waals surface area contributed by atoms with E-state index in [1.165, 1.54) is 31.4 Å². The van der Waals surface area contributed by atoms with E-state index in [4.69, 9.17) is 9.47 Å². The summed E-state index contributed by atoms with van der Waals surface area (Å²) in [5.74, 6) is -1.47. The number of hydrogen-bond acceptors (Lipinski definition) is 8. The van der Waals surface area contributed by atoms with Gasteiger partial charge in [-0.15, -0.1) is 0 Å². The number of benzene rings is 2. The lowest BCUT2D eigenvalue weighted by Gasteiger charge is -2.10. The number of hydrogen-bond donors (Lipinski definition) is 1. The number of non-ortho nitro benzene ring substituents is 2. The van der Waals surface area contributed by atoms with Crippen LogP contribution in [0.15, 0.2) is 42.5 Å². The molecule has 2 rings (SSSR count). The first-order chi connectivity index (χ1) is 12.8. The smallest absolute Gasteiger partial charge is 0.338 e. The van der Waals surface area contributed by atoms with Crippen LogP contribution in [0.5, 0.6) is 5.75 Å². The number of nitro benzene ring substituents is 2. The van der Waals surface area contributed by atoms with E-state index in [1.807, 2.05) is 0 Å². The van der Waals surface area contributed by atoms with Crippen molar-refractivity contribution in [2.45, 2.75) is 0 Å². The number of carbonyl (C=O) groups is 2. The van der Waals surface area contributed by atoms with Gasteiger partial charge in [-0.1, -0.05) is 0 Å². The molecule has 0 heterocycles. The summed E-state index contributed by atoms with van der Waals surface area (Å²) in [6.07, 6.45) is 0. The lowest BCUT2D eigenvalue weighted by Crippen LogP contribution is -2.21. The first-order valence-electron chi connectivity index (χ1n) is 7.35. The second kappa shape index (κ2) is 8.38. The number of carbonyl (C=O) groups excluding carboxylic acids is 2. The van der Waals surface area contributed by atoms with Crippen molar-refractivity contribution in [2.75, 3.05) is 19.0 Å². The third kappa shape index (κ3) is 4.98. The lowest BCUT2D eigenvalue weighted by atomic mass is 10.2. The Labute approximate surface area is 151 Å². The Morgan fingerprint density at radius 1 is 1.00 bits per heavy atom. The van der Waals surface area contributed by atoms with Gasteiger partial charge < -0.3 is 14.8 Å². The third-order valence-corrected chi connectivity index (χ3v) is 3.32. The van der Waals surface area contributed by atoms with Crippen molar-refractivity contribution in [1.29, 1.82) is 0 Å². The molecule has 0 spiro atoms. The van der Waals surface area contributed by atoms with Gasteiger partial charge in [0.05, 0.1) is 34.3 Å². The van der Waals surface area contributed by atoms with Crippen molar-refractivity contribution in [3.8, 4) is 5.75 Å². The van der Waals surface area contributed by atoms with E-state index in [9.17, 15) is 29.8 Å². The van der Waals surface area contributed by atoms with Gasteiger partial charge in [0.25, 0.3) is 17.3 Å². The van der Waals surface area contributed by atoms with E-state index < -0.39 is 28.3 Å². The number of anilines is 1.